The number of phenolic OH excluding ortho intramolecular Hbond substituents is 1. The molecule has 1 aliphatic rings. The zero-order valence-electron chi connectivity index (χ0n) is 10.4. The second-order valence-corrected chi connectivity index (χ2v) is 5.14. The van der Waals surface area contributed by atoms with Crippen LogP contribution in [0.1, 0.15) is 37.7 Å². The quantitative estimate of drug-likeness (QED) is 0.706. The van der Waals surface area contributed by atoms with Crippen LogP contribution in [-0.2, 0) is 0 Å². The van der Waals surface area contributed by atoms with E-state index in [1.54, 1.807) is 12.1 Å². The summed E-state index contributed by atoms with van der Waals surface area (Å²) in [4.78, 5) is 0. The van der Waals surface area contributed by atoms with Crippen LogP contribution in [0.5, 0.6) is 5.75 Å². The molecule has 0 saturated heterocycles. The monoisotopic (exact) mass is 235 g/mol. The summed E-state index contributed by atoms with van der Waals surface area (Å²) in [5.74, 6) is 0.282. The maximum Gasteiger partial charge on any atom is 0.115 e. The number of nitrogens with one attached hydrogen (secondary N) is 1. The normalized spacial score (nSPS) is 18.9. The van der Waals surface area contributed by atoms with E-state index in [0.29, 0.717) is 6.54 Å². The lowest BCUT2D eigenvalue weighted by Gasteiger charge is -2.32. The third-order valence-corrected chi connectivity index (χ3v) is 3.60. The number of benzene rings is 1. The molecule has 1 saturated carbocycles. The van der Waals surface area contributed by atoms with Crippen LogP contribution >= 0.6 is 0 Å². The van der Waals surface area contributed by atoms with E-state index >= 15 is 0 Å². The number of aryl methyl sites for hydroxylation is 1. The Kier molecular flexibility index (Phi) is 3.57. The van der Waals surface area contributed by atoms with Gasteiger partial charge in [0.25, 0.3) is 0 Å². The van der Waals surface area contributed by atoms with Gasteiger partial charge in [0, 0.05) is 12.2 Å². The summed E-state index contributed by atoms with van der Waals surface area (Å²) >= 11 is 0. The van der Waals surface area contributed by atoms with Gasteiger partial charge in [-0.15, -0.1) is 0 Å². The highest BCUT2D eigenvalue weighted by molar-refractivity contribution is 5.53. The van der Waals surface area contributed by atoms with Crippen LogP contribution in [0.15, 0.2) is 18.2 Å². The second-order valence-electron chi connectivity index (χ2n) is 5.14. The van der Waals surface area contributed by atoms with E-state index in [0.717, 1.165) is 36.9 Å². The van der Waals surface area contributed by atoms with Gasteiger partial charge in [0.15, 0.2) is 0 Å². The lowest BCUT2D eigenvalue weighted by atomic mass is 9.85. The van der Waals surface area contributed by atoms with E-state index in [1.807, 2.05) is 13.0 Å². The first-order chi connectivity index (χ1) is 8.09. The fraction of sp³-hybridized carbons (Fsp3) is 0.571. The lowest BCUT2D eigenvalue weighted by Crippen LogP contribution is -2.38. The fourth-order valence-corrected chi connectivity index (χ4v) is 2.49. The molecule has 2 rings (SSSR count). The Hall–Kier alpha value is -1.22. The van der Waals surface area contributed by atoms with E-state index in [9.17, 15) is 10.2 Å². The molecule has 0 bridgehead atoms. The van der Waals surface area contributed by atoms with Crippen LogP contribution in [0.2, 0.25) is 0 Å². The van der Waals surface area contributed by atoms with Gasteiger partial charge in [0.05, 0.1) is 5.60 Å². The Morgan fingerprint density at radius 3 is 2.59 bits per heavy atom. The van der Waals surface area contributed by atoms with Crippen molar-refractivity contribution in [1.82, 2.24) is 0 Å². The number of aliphatic hydroxyl groups is 1. The van der Waals surface area contributed by atoms with Crippen LogP contribution in [-0.4, -0.2) is 22.4 Å². The third kappa shape index (κ3) is 3.13. The van der Waals surface area contributed by atoms with Crippen molar-refractivity contribution >= 4 is 5.69 Å². The van der Waals surface area contributed by atoms with Crippen molar-refractivity contribution in [2.24, 2.45) is 0 Å². The molecule has 0 aromatic heterocycles. The van der Waals surface area contributed by atoms with E-state index in [-0.39, 0.29) is 5.75 Å². The van der Waals surface area contributed by atoms with Gasteiger partial charge in [-0.2, -0.15) is 0 Å². The van der Waals surface area contributed by atoms with Gasteiger partial charge in [-0.05, 0) is 43.5 Å². The average Bonchev–Trinajstić information content (AvgIpc) is 2.29. The van der Waals surface area contributed by atoms with Crippen molar-refractivity contribution in [1.29, 1.82) is 0 Å². The number of hydrogen-bond acceptors (Lipinski definition) is 3. The molecule has 1 aromatic rings. The zero-order valence-corrected chi connectivity index (χ0v) is 10.4. The number of aromatic hydroxyl groups is 1. The number of rotatable bonds is 3. The molecular weight excluding hydrogens is 214 g/mol. The van der Waals surface area contributed by atoms with Gasteiger partial charge < -0.3 is 15.5 Å². The number of hydrogen-bond donors (Lipinski definition) is 3. The highest BCUT2D eigenvalue weighted by Gasteiger charge is 2.28. The smallest absolute Gasteiger partial charge is 0.115 e. The fourth-order valence-electron chi connectivity index (χ4n) is 2.49. The van der Waals surface area contributed by atoms with E-state index in [1.165, 1.54) is 6.42 Å². The molecule has 1 fully saturated rings. The summed E-state index contributed by atoms with van der Waals surface area (Å²) in [5, 5.41) is 23.0. The largest absolute Gasteiger partial charge is 0.508 e. The van der Waals surface area contributed by atoms with Gasteiger partial charge in [-0.25, -0.2) is 0 Å². The molecule has 0 atom stereocenters. The first-order valence-electron chi connectivity index (χ1n) is 6.35. The standard InChI is InChI=1S/C14H21NO2/c1-11-9-12(16)5-6-13(11)15-10-14(17)7-3-2-4-8-14/h5-6,9,15-17H,2-4,7-8,10H2,1H3. The van der Waals surface area contributed by atoms with Gasteiger partial charge in [-0.1, -0.05) is 19.3 Å². The molecule has 0 aliphatic heterocycles. The minimum atomic E-state index is -0.553. The van der Waals surface area contributed by atoms with Crippen molar-refractivity contribution in [2.45, 2.75) is 44.6 Å². The van der Waals surface area contributed by atoms with Crippen molar-refractivity contribution in [3.63, 3.8) is 0 Å². The Morgan fingerprint density at radius 2 is 1.94 bits per heavy atom. The molecule has 17 heavy (non-hydrogen) atoms. The molecule has 0 amide bonds. The molecule has 0 heterocycles. The van der Waals surface area contributed by atoms with Gasteiger partial charge in [0.1, 0.15) is 5.75 Å². The van der Waals surface area contributed by atoms with Crippen LogP contribution in [0, 0.1) is 6.92 Å². The van der Waals surface area contributed by atoms with Gasteiger partial charge >= 0.3 is 0 Å². The average molecular weight is 235 g/mol. The van der Waals surface area contributed by atoms with E-state index in [2.05, 4.69) is 5.32 Å². The van der Waals surface area contributed by atoms with E-state index in [4.69, 9.17) is 0 Å². The predicted molar refractivity (Wildman–Crippen MR) is 69.4 cm³/mol. The molecule has 0 unspecified atom stereocenters. The maximum absolute atomic E-state index is 10.4. The summed E-state index contributed by atoms with van der Waals surface area (Å²) < 4.78 is 0. The lowest BCUT2D eigenvalue weighted by molar-refractivity contribution is 0.0167. The van der Waals surface area contributed by atoms with Crippen LogP contribution in [0.4, 0.5) is 5.69 Å². The summed E-state index contributed by atoms with van der Waals surface area (Å²) in [6.07, 6.45) is 5.24. The molecule has 3 heteroatoms. The third-order valence-electron chi connectivity index (χ3n) is 3.60. The molecule has 1 aliphatic carbocycles. The van der Waals surface area contributed by atoms with Crippen LogP contribution in [0.3, 0.4) is 0 Å². The van der Waals surface area contributed by atoms with Crippen molar-refractivity contribution in [2.75, 3.05) is 11.9 Å². The van der Waals surface area contributed by atoms with Crippen molar-refractivity contribution < 1.29 is 10.2 Å². The minimum absolute atomic E-state index is 0.282. The first kappa shape index (κ1) is 12.2. The highest BCUT2D eigenvalue weighted by Crippen LogP contribution is 2.29. The summed E-state index contributed by atoms with van der Waals surface area (Å²) in [7, 11) is 0. The maximum atomic E-state index is 10.4. The van der Waals surface area contributed by atoms with Crippen LogP contribution < -0.4 is 5.32 Å². The Morgan fingerprint density at radius 1 is 1.24 bits per heavy atom. The Bertz CT molecular complexity index is 384. The molecule has 1 aromatic carbocycles. The van der Waals surface area contributed by atoms with Gasteiger partial charge in [0.2, 0.25) is 0 Å². The van der Waals surface area contributed by atoms with Gasteiger partial charge in [-0.3, -0.25) is 0 Å². The topological polar surface area (TPSA) is 52.5 Å². The number of anilines is 1. The predicted octanol–water partition coefficient (Wildman–Crippen LogP) is 2.81. The highest BCUT2D eigenvalue weighted by atomic mass is 16.3. The molecule has 94 valence electrons. The summed E-state index contributed by atoms with van der Waals surface area (Å²) in [5.41, 5.74) is 1.44. The SMILES string of the molecule is Cc1cc(O)ccc1NCC1(O)CCCCC1. The molecular formula is C14H21NO2. The molecule has 0 spiro atoms. The van der Waals surface area contributed by atoms with Crippen LogP contribution in [0.25, 0.3) is 0 Å². The molecule has 0 radical (unpaired) electrons. The molecule has 3 N–H and O–H groups in total. The number of phenols is 1. The first-order valence-corrected chi connectivity index (χ1v) is 6.35. The Labute approximate surface area is 102 Å². The minimum Gasteiger partial charge on any atom is -0.508 e. The van der Waals surface area contributed by atoms with Crippen molar-refractivity contribution in [3.8, 4) is 5.75 Å². The second kappa shape index (κ2) is 4.96. The molecule has 3 nitrogen and oxygen atoms in total. The Balaban J connectivity index is 1.97. The van der Waals surface area contributed by atoms with E-state index < -0.39 is 5.60 Å². The zero-order chi connectivity index (χ0) is 12.3. The summed E-state index contributed by atoms with van der Waals surface area (Å²) in [6, 6.07) is 5.25. The summed E-state index contributed by atoms with van der Waals surface area (Å²) in [6.45, 7) is 2.55. The van der Waals surface area contributed by atoms with Crippen molar-refractivity contribution in [3.05, 3.63) is 23.8 Å².